The molecular formula is C12H19N5O2. The number of nitrogens with one attached hydrogen (secondary N) is 2. The number of aromatic nitrogens is 4. The summed E-state index contributed by atoms with van der Waals surface area (Å²) >= 11 is 0. The van der Waals surface area contributed by atoms with Crippen molar-refractivity contribution >= 4 is 17.0 Å². The first kappa shape index (κ1) is 15.1. The van der Waals surface area contributed by atoms with Gasteiger partial charge in [0.2, 0.25) is 0 Å². The molecule has 0 saturated heterocycles. The van der Waals surface area contributed by atoms with E-state index in [4.69, 9.17) is 10.2 Å². The largest absolute Gasteiger partial charge is 0.397 e. The summed E-state index contributed by atoms with van der Waals surface area (Å²) in [6, 6.07) is 0. The fraction of sp³-hybridized carbons (Fsp3) is 0.417. The first-order chi connectivity index (χ1) is 9.22. The van der Waals surface area contributed by atoms with Crippen LogP contribution in [0.25, 0.3) is 11.2 Å². The lowest BCUT2D eigenvalue weighted by atomic mass is 10.3. The molecule has 0 amide bonds. The molecule has 19 heavy (non-hydrogen) atoms. The quantitative estimate of drug-likeness (QED) is 0.606. The van der Waals surface area contributed by atoms with E-state index < -0.39 is 0 Å². The molecule has 0 fully saturated rings. The van der Waals surface area contributed by atoms with E-state index in [0.717, 1.165) is 11.1 Å². The lowest BCUT2D eigenvalue weighted by Gasteiger charge is -2.03. The molecule has 0 atom stereocenters. The van der Waals surface area contributed by atoms with Crippen molar-refractivity contribution in [3.8, 4) is 0 Å². The molecule has 0 spiro atoms. The number of hydrogen-bond acceptors (Lipinski definition) is 6. The van der Waals surface area contributed by atoms with Crippen molar-refractivity contribution in [1.82, 2.24) is 19.9 Å². The summed E-state index contributed by atoms with van der Waals surface area (Å²) in [5.74, 6) is 0.712. The maximum Gasteiger partial charge on any atom is 0.182 e. The van der Waals surface area contributed by atoms with Crippen molar-refractivity contribution in [1.29, 1.82) is 0 Å². The van der Waals surface area contributed by atoms with Crippen LogP contribution >= 0.6 is 0 Å². The highest BCUT2D eigenvalue weighted by molar-refractivity contribution is 5.81. The van der Waals surface area contributed by atoms with Gasteiger partial charge in [-0.15, -0.1) is 0 Å². The normalized spacial score (nSPS) is 11.1. The third-order valence-corrected chi connectivity index (χ3v) is 2.19. The first-order valence-corrected chi connectivity index (χ1v) is 5.98. The molecule has 2 aromatic heterocycles. The molecule has 0 aromatic carbocycles. The molecule has 0 bridgehead atoms. The zero-order valence-corrected chi connectivity index (χ0v) is 11.1. The van der Waals surface area contributed by atoms with Crippen LogP contribution in [0, 0.1) is 0 Å². The number of nitrogens with zero attached hydrogens (tertiary/aromatic N) is 3. The number of aromatic amines is 1. The first-order valence-electron chi connectivity index (χ1n) is 5.98. The van der Waals surface area contributed by atoms with Crippen LogP contribution in [0.3, 0.4) is 0 Å². The predicted molar refractivity (Wildman–Crippen MR) is 73.8 cm³/mol. The van der Waals surface area contributed by atoms with Crippen LogP contribution in [-0.2, 0) is 0 Å². The Morgan fingerprint density at radius 3 is 2.79 bits per heavy atom. The average molecular weight is 265 g/mol. The highest BCUT2D eigenvalue weighted by atomic mass is 16.3. The van der Waals surface area contributed by atoms with Crippen LogP contribution in [0.2, 0.25) is 0 Å². The van der Waals surface area contributed by atoms with Gasteiger partial charge in [0.25, 0.3) is 0 Å². The van der Waals surface area contributed by atoms with Gasteiger partial charge < -0.3 is 20.5 Å². The van der Waals surface area contributed by atoms with E-state index in [9.17, 15) is 0 Å². The van der Waals surface area contributed by atoms with E-state index in [2.05, 4.69) is 25.3 Å². The number of rotatable bonds is 4. The second-order valence-electron chi connectivity index (χ2n) is 3.73. The van der Waals surface area contributed by atoms with Crippen molar-refractivity contribution in [2.24, 2.45) is 0 Å². The Labute approximate surface area is 111 Å². The monoisotopic (exact) mass is 265 g/mol. The van der Waals surface area contributed by atoms with E-state index in [1.165, 1.54) is 6.33 Å². The van der Waals surface area contributed by atoms with Crippen molar-refractivity contribution in [2.45, 2.75) is 13.8 Å². The molecule has 2 aromatic rings. The maximum atomic E-state index is 8.83. The molecule has 0 aliphatic heterocycles. The summed E-state index contributed by atoms with van der Waals surface area (Å²) < 4.78 is 0. The molecule has 0 unspecified atom stereocenters. The number of fused-ring (bicyclic) bond motifs is 1. The van der Waals surface area contributed by atoms with E-state index in [-0.39, 0.29) is 13.2 Å². The number of H-pyrrole nitrogens is 1. The molecule has 7 heteroatoms. The van der Waals surface area contributed by atoms with Crippen molar-refractivity contribution < 1.29 is 10.2 Å². The van der Waals surface area contributed by atoms with Gasteiger partial charge in [0, 0.05) is 13.2 Å². The summed E-state index contributed by atoms with van der Waals surface area (Å²) in [4.78, 5) is 15.1. The van der Waals surface area contributed by atoms with Gasteiger partial charge in [-0.2, -0.15) is 0 Å². The summed E-state index contributed by atoms with van der Waals surface area (Å²) in [5, 5.41) is 19.5. The number of anilines is 1. The highest BCUT2D eigenvalue weighted by Gasteiger charge is 2.03. The molecule has 0 aliphatic carbocycles. The van der Waals surface area contributed by atoms with Crippen LogP contribution in [-0.4, -0.2) is 49.9 Å². The third-order valence-electron chi connectivity index (χ3n) is 2.19. The third kappa shape index (κ3) is 4.65. The van der Waals surface area contributed by atoms with Gasteiger partial charge in [0.15, 0.2) is 11.5 Å². The maximum absolute atomic E-state index is 8.83. The zero-order chi connectivity index (χ0) is 14.1. The predicted octanol–water partition coefficient (Wildman–Crippen LogP) is 0.702. The van der Waals surface area contributed by atoms with Gasteiger partial charge in [0.05, 0.1) is 12.9 Å². The van der Waals surface area contributed by atoms with Gasteiger partial charge >= 0.3 is 0 Å². The Kier molecular flexibility index (Phi) is 6.48. The van der Waals surface area contributed by atoms with Crippen molar-refractivity contribution in [3.63, 3.8) is 0 Å². The van der Waals surface area contributed by atoms with E-state index in [1.54, 1.807) is 13.3 Å². The summed E-state index contributed by atoms with van der Waals surface area (Å²) in [6.45, 7) is 4.48. The lowest BCUT2D eigenvalue weighted by molar-refractivity contribution is 0.318. The van der Waals surface area contributed by atoms with E-state index in [1.807, 2.05) is 13.0 Å². The Balaban J connectivity index is 0.000000550. The Morgan fingerprint density at radius 2 is 2.11 bits per heavy atom. The van der Waals surface area contributed by atoms with Crippen LogP contribution in [0.5, 0.6) is 0 Å². The topological polar surface area (TPSA) is 107 Å². The van der Waals surface area contributed by atoms with E-state index in [0.29, 0.717) is 18.0 Å². The minimum absolute atomic E-state index is 0.0743. The number of hydrogen-bond donors (Lipinski definition) is 4. The molecule has 4 N–H and O–H groups in total. The van der Waals surface area contributed by atoms with Gasteiger partial charge in [-0.3, -0.25) is 0 Å². The molecular weight excluding hydrogens is 246 g/mol. The Hall–Kier alpha value is -1.99. The second-order valence-corrected chi connectivity index (χ2v) is 3.73. The van der Waals surface area contributed by atoms with Crippen LogP contribution in [0.1, 0.15) is 13.8 Å². The molecule has 2 heterocycles. The standard InChI is InChI=1S/C10H13N5O.C2H6O/c1-7(4-16)2-3-11-9-8-10(13-5-12-8)15-6-14-9;1-2-3/h2,5-6,16H,3-4H2,1H3,(H2,11,12,13,14,15);3H,2H2,1H3/b7-2+;. The molecule has 0 saturated carbocycles. The van der Waals surface area contributed by atoms with Crippen LogP contribution in [0.15, 0.2) is 24.3 Å². The van der Waals surface area contributed by atoms with Crippen LogP contribution in [0.4, 0.5) is 5.82 Å². The summed E-state index contributed by atoms with van der Waals surface area (Å²) in [6.07, 6.45) is 4.96. The van der Waals surface area contributed by atoms with Gasteiger partial charge in [-0.25, -0.2) is 15.0 Å². The molecule has 7 nitrogen and oxygen atoms in total. The molecule has 0 radical (unpaired) electrons. The fourth-order valence-electron chi connectivity index (χ4n) is 1.29. The van der Waals surface area contributed by atoms with Gasteiger partial charge in [0.1, 0.15) is 11.8 Å². The van der Waals surface area contributed by atoms with Crippen molar-refractivity contribution in [3.05, 3.63) is 24.3 Å². The molecule has 104 valence electrons. The number of imidazole rings is 1. The highest BCUT2D eigenvalue weighted by Crippen LogP contribution is 2.13. The summed E-state index contributed by atoms with van der Waals surface area (Å²) in [5.41, 5.74) is 2.35. The minimum Gasteiger partial charge on any atom is -0.397 e. The molecule has 2 rings (SSSR count). The zero-order valence-electron chi connectivity index (χ0n) is 11.1. The van der Waals surface area contributed by atoms with Crippen LogP contribution < -0.4 is 5.32 Å². The second kappa shape index (κ2) is 8.17. The summed E-state index contributed by atoms with van der Waals surface area (Å²) in [7, 11) is 0. The Bertz CT molecular complexity index is 524. The number of aliphatic hydroxyl groups is 2. The van der Waals surface area contributed by atoms with Gasteiger partial charge in [-0.05, 0) is 13.8 Å². The van der Waals surface area contributed by atoms with Crippen molar-refractivity contribution in [2.75, 3.05) is 25.1 Å². The smallest absolute Gasteiger partial charge is 0.182 e. The molecule has 0 aliphatic rings. The van der Waals surface area contributed by atoms with E-state index >= 15 is 0 Å². The van der Waals surface area contributed by atoms with Gasteiger partial charge in [-0.1, -0.05) is 11.6 Å². The lowest BCUT2D eigenvalue weighted by Crippen LogP contribution is -2.03. The SMILES string of the molecule is C/C(=C\CNc1ncnc2nc[nH]c12)CO.CCO. The average Bonchev–Trinajstić information content (AvgIpc) is 2.88. The minimum atomic E-state index is 0.0743. The Morgan fingerprint density at radius 1 is 1.37 bits per heavy atom. The fourth-order valence-corrected chi connectivity index (χ4v) is 1.29. The number of aliphatic hydroxyl groups excluding tert-OH is 2.